The number of rotatable bonds is 2. The highest BCUT2D eigenvalue weighted by atomic mass is 19.1. The summed E-state index contributed by atoms with van der Waals surface area (Å²) in [6, 6.07) is 1.48. The van der Waals surface area contributed by atoms with Crippen LogP contribution in [0.15, 0.2) is 18.5 Å². The van der Waals surface area contributed by atoms with Gasteiger partial charge < -0.3 is 4.57 Å². The van der Waals surface area contributed by atoms with Crippen molar-refractivity contribution in [3.05, 3.63) is 35.9 Å². The van der Waals surface area contributed by atoms with Crippen LogP contribution < -0.4 is 0 Å². The van der Waals surface area contributed by atoms with Gasteiger partial charge in [-0.25, -0.2) is 13.2 Å². The lowest BCUT2D eigenvalue weighted by Gasteiger charge is -2.06. The van der Waals surface area contributed by atoms with E-state index in [-0.39, 0.29) is 17.4 Å². The summed E-state index contributed by atoms with van der Waals surface area (Å²) in [4.78, 5) is 0. The molecule has 1 heterocycles. The van der Waals surface area contributed by atoms with E-state index in [2.05, 4.69) is 10.2 Å². The molecule has 0 bridgehead atoms. The van der Waals surface area contributed by atoms with E-state index in [1.807, 2.05) is 0 Å². The van der Waals surface area contributed by atoms with Gasteiger partial charge in [0.1, 0.15) is 23.8 Å². The first-order valence-corrected chi connectivity index (χ1v) is 5.21. The third-order valence-electron chi connectivity index (χ3n) is 2.74. The average molecular weight is 239 g/mol. The largest absolute Gasteiger partial charge is 0.310 e. The van der Waals surface area contributed by atoms with Crippen molar-refractivity contribution in [2.24, 2.45) is 0 Å². The molecule has 0 aliphatic heterocycles. The quantitative estimate of drug-likeness (QED) is 0.806. The minimum Gasteiger partial charge on any atom is -0.310 e. The van der Waals surface area contributed by atoms with Crippen molar-refractivity contribution in [3.63, 3.8) is 0 Å². The molecule has 1 aromatic carbocycles. The Morgan fingerprint density at radius 1 is 1.12 bits per heavy atom. The lowest BCUT2D eigenvalue weighted by atomic mass is 10.1. The minimum absolute atomic E-state index is 0.113. The van der Waals surface area contributed by atoms with Crippen molar-refractivity contribution >= 4 is 0 Å². The Kier molecular flexibility index (Phi) is 2.17. The molecule has 0 N–H and O–H groups in total. The molecular formula is C11H8F3N3. The van der Waals surface area contributed by atoms with Crippen molar-refractivity contribution in [1.82, 2.24) is 14.8 Å². The molecule has 2 aromatic rings. The summed E-state index contributed by atoms with van der Waals surface area (Å²) in [6.45, 7) is 0. The molecule has 0 atom stereocenters. The number of halogens is 3. The lowest BCUT2D eigenvalue weighted by Crippen LogP contribution is -2.01. The normalized spacial score (nSPS) is 15.2. The van der Waals surface area contributed by atoms with Crippen LogP contribution in [0.4, 0.5) is 13.2 Å². The minimum atomic E-state index is -0.961. The van der Waals surface area contributed by atoms with Crippen LogP contribution in [0.1, 0.15) is 18.9 Å². The van der Waals surface area contributed by atoms with Crippen LogP contribution in [-0.4, -0.2) is 14.8 Å². The molecule has 1 aliphatic carbocycles. The number of hydrogen-bond donors (Lipinski definition) is 0. The molecule has 1 aliphatic rings. The van der Waals surface area contributed by atoms with E-state index >= 15 is 0 Å². The maximum absolute atomic E-state index is 13.6. The van der Waals surface area contributed by atoms with E-state index in [9.17, 15) is 13.2 Å². The third-order valence-corrected chi connectivity index (χ3v) is 2.74. The summed E-state index contributed by atoms with van der Waals surface area (Å²) in [5.74, 6) is -2.75. The zero-order valence-corrected chi connectivity index (χ0v) is 8.70. The van der Waals surface area contributed by atoms with Gasteiger partial charge in [0.25, 0.3) is 0 Å². The van der Waals surface area contributed by atoms with Crippen LogP contribution in [0.2, 0.25) is 0 Å². The molecule has 1 fully saturated rings. The molecule has 3 nitrogen and oxygen atoms in total. The summed E-state index contributed by atoms with van der Waals surface area (Å²) in [5, 5.41) is 7.36. The first-order chi connectivity index (χ1) is 8.16. The van der Waals surface area contributed by atoms with Crippen LogP contribution in [0.3, 0.4) is 0 Å². The second kappa shape index (κ2) is 3.58. The highest BCUT2D eigenvalue weighted by Gasteiger charge is 2.28. The van der Waals surface area contributed by atoms with Gasteiger partial charge in [-0.15, -0.1) is 10.2 Å². The summed E-state index contributed by atoms with van der Waals surface area (Å²) in [5.41, 5.74) is -0.323. The molecule has 3 rings (SSSR count). The van der Waals surface area contributed by atoms with Crippen LogP contribution in [0.5, 0.6) is 0 Å². The molecule has 88 valence electrons. The first-order valence-electron chi connectivity index (χ1n) is 5.21. The number of aromatic nitrogens is 3. The van der Waals surface area contributed by atoms with E-state index < -0.39 is 17.5 Å². The van der Waals surface area contributed by atoms with Gasteiger partial charge >= 0.3 is 0 Å². The van der Waals surface area contributed by atoms with Crippen LogP contribution in [0, 0.1) is 17.5 Å². The Morgan fingerprint density at radius 3 is 2.35 bits per heavy atom. The predicted molar refractivity (Wildman–Crippen MR) is 53.6 cm³/mol. The molecule has 0 unspecified atom stereocenters. The molecule has 0 spiro atoms. The maximum atomic E-state index is 13.6. The van der Waals surface area contributed by atoms with Crippen molar-refractivity contribution in [1.29, 1.82) is 0 Å². The Bertz CT molecular complexity index is 552. The van der Waals surface area contributed by atoms with Gasteiger partial charge in [-0.3, -0.25) is 0 Å². The molecule has 17 heavy (non-hydrogen) atoms. The van der Waals surface area contributed by atoms with E-state index in [4.69, 9.17) is 0 Å². The van der Waals surface area contributed by atoms with Crippen LogP contribution in [0.25, 0.3) is 11.4 Å². The molecule has 6 heteroatoms. The van der Waals surface area contributed by atoms with E-state index in [0.29, 0.717) is 12.1 Å². The SMILES string of the molecule is Fc1cc(F)c(-c2nncn2C2CC2)c(F)c1. The number of hydrogen-bond acceptors (Lipinski definition) is 2. The lowest BCUT2D eigenvalue weighted by molar-refractivity contribution is 0.544. The average Bonchev–Trinajstić information content (AvgIpc) is 2.98. The maximum Gasteiger partial charge on any atom is 0.169 e. The fourth-order valence-electron chi connectivity index (χ4n) is 1.80. The monoisotopic (exact) mass is 239 g/mol. The van der Waals surface area contributed by atoms with Crippen LogP contribution in [-0.2, 0) is 0 Å². The topological polar surface area (TPSA) is 30.7 Å². The van der Waals surface area contributed by atoms with Gasteiger partial charge in [-0.2, -0.15) is 0 Å². The molecule has 0 saturated heterocycles. The van der Waals surface area contributed by atoms with Crippen molar-refractivity contribution in [2.75, 3.05) is 0 Å². The second-order valence-corrected chi connectivity index (χ2v) is 4.04. The third kappa shape index (κ3) is 1.69. The Labute approximate surface area is 94.9 Å². The summed E-state index contributed by atoms with van der Waals surface area (Å²) >= 11 is 0. The Balaban J connectivity index is 2.17. The highest BCUT2D eigenvalue weighted by Crippen LogP contribution is 2.38. The first kappa shape index (κ1) is 10.3. The van der Waals surface area contributed by atoms with Gasteiger partial charge in [0, 0.05) is 18.2 Å². The Hall–Kier alpha value is -1.85. The predicted octanol–water partition coefficient (Wildman–Crippen LogP) is 2.70. The smallest absolute Gasteiger partial charge is 0.169 e. The van der Waals surface area contributed by atoms with Crippen molar-refractivity contribution in [3.8, 4) is 11.4 Å². The van der Waals surface area contributed by atoms with E-state index in [1.54, 1.807) is 4.57 Å². The number of benzene rings is 1. The summed E-state index contributed by atoms with van der Waals surface area (Å²) in [6.07, 6.45) is 3.32. The summed E-state index contributed by atoms with van der Waals surface area (Å²) in [7, 11) is 0. The number of nitrogens with zero attached hydrogens (tertiary/aromatic N) is 3. The molecule has 1 saturated carbocycles. The van der Waals surface area contributed by atoms with Crippen molar-refractivity contribution in [2.45, 2.75) is 18.9 Å². The molecule has 0 amide bonds. The van der Waals surface area contributed by atoms with Gasteiger partial charge in [-0.1, -0.05) is 0 Å². The fraction of sp³-hybridized carbons (Fsp3) is 0.273. The Morgan fingerprint density at radius 2 is 1.76 bits per heavy atom. The van der Waals surface area contributed by atoms with Gasteiger partial charge in [-0.05, 0) is 12.8 Å². The zero-order chi connectivity index (χ0) is 12.0. The molecule has 0 radical (unpaired) electrons. The fourth-order valence-corrected chi connectivity index (χ4v) is 1.80. The highest BCUT2D eigenvalue weighted by molar-refractivity contribution is 5.57. The van der Waals surface area contributed by atoms with Gasteiger partial charge in [0.2, 0.25) is 0 Å². The van der Waals surface area contributed by atoms with Crippen LogP contribution >= 0.6 is 0 Å². The second-order valence-electron chi connectivity index (χ2n) is 4.04. The molecule has 1 aromatic heterocycles. The van der Waals surface area contributed by atoms with E-state index in [1.165, 1.54) is 6.33 Å². The molecular weight excluding hydrogens is 231 g/mol. The van der Waals surface area contributed by atoms with Gasteiger partial charge in [0.05, 0.1) is 5.56 Å². The van der Waals surface area contributed by atoms with Crippen molar-refractivity contribution < 1.29 is 13.2 Å². The zero-order valence-electron chi connectivity index (χ0n) is 8.70. The van der Waals surface area contributed by atoms with E-state index in [0.717, 1.165) is 12.8 Å². The van der Waals surface area contributed by atoms with Gasteiger partial charge in [0.15, 0.2) is 5.82 Å². The standard InChI is InChI=1S/C11H8F3N3/c12-6-3-8(13)10(9(14)4-6)11-16-15-5-17(11)7-1-2-7/h3-5,7H,1-2H2. The summed E-state index contributed by atoms with van der Waals surface area (Å²) < 4.78 is 41.6.